The van der Waals surface area contributed by atoms with Crippen LogP contribution in [0.15, 0.2) is 47.4 Å². The topological polar surface area (TPSA) is 69.4 Å². The highest BCUT2D eigenvalue weighted by Crippen LogP contribution is 2.22. The summed E-state index contributed by atoms with van der Waals surface area (Å²) in [5, 5.41) is 0. The summed E-state index contributed by atoms with van der Waals surface area (Å²) in [4.78, 5) is 0.141. The van der Waals surface area contributed by atoms with Gasteiger partial charge in [0.15, 0.2) is 9.84 Å². The van der Waals surface area contributed by atoms with E-state index in [1.54, 1.807) is 12.1 Å². The minimum absolute atomic E-state index is 0.141. The van der Waals surface area contributed by atoms with Crippen molar-refractivity contribution >= 4 is 15.5 Å². The minimum Gasteiger partial charge on any atom is -0.497 e. The molecule has 2 N–H and O–H groups in total. The summed E-state index contributed by atoms with van der Waals surface area (Å²) in [6, 6.07) is 9.69. The van der Waals surface area contributed by atoms with Crippen LogP contribution < -0.4 is 10.5 Å². The highest BCUT2D eigenvalue weighted by molar-refractivity contribution is 7.90. The maximum Gasteiger partial charge on any atom is 0.182 e. The van der Waals surface area contributed by atoms with Crippen LogP contribution in [0.25, 0.3) is 0 Å². The Labute approximate surface area is 116 Å². The monoisotopic (exact) mass is 295 g/mol. The Morgan fingerprint density at radius 2 is 1.80 bits per heavy atom. The van der Waals surface area contributed by atoms with Crippen LogP contribution >= 0.6 is 0 Å². The summed E-state index contributed by atoms with van der Waals surface area (Å²) >= 11 is 0. The first-order valence-corrected chi connectivity index (χ1v) is 7.48. The first kappa shape index (κ1) is 14.3. The van der Waals surface area contributed by atoms with E-state index in [2.05, 4.69) is 0 Å². The molecule has 0 amide bonds. The van der Waals surface area contributed by atoms with Gasteiger partial charge in [0, 0.05) is 5.69 Å². The molecule has 2 aromatic rings. The van der Waals surface area contributed by atoms with Gasteiger partial charge in [0.2, 0.25) is 0 Å². The first-order valence-electron chi connectivity index (χ1n) is 5.83. The molecule has 6 heteroatoms. The summed E-state index contributed by atoms with van der Waals surface area (Å²) in [5.74, 6) is -0.295. The van der Waals surface area contributed by atoms with E-state index in [1.165, 1.54) is 31.4 Å². The Bertz CT molecular complexity index is 712. The summed E-state index contributed by atoms with van der Waals surface area (Å²) in [6.07, 6.45) is 0. The maximum absolute atomic E-state index is 13.2. The van der Waals surface area contributed by atoms with Gasteiger partial charge in [0.05, 0.1) is 17.8 Å². The second kappa shape index (κ2) is 5.50. The maximum atomic E-state index is 13.2. The quantitative estimate of drug-likeness (QED) is 0.879. The van der Waals surface area contributed by atoms with E-state index in [0.29, 0.717) is 5.75 Å². The number of methoxy groups -OCH3 is 1. The van der Waals surface area contributed by atoms with Crippen molar-refractivity contribution in [2.75, 3.05) is 12.8 Å². The molecule has 0 saturated heterocycles. The smallest absolute Gasteiger partial charge is 0.182 e. The van der Waals surface area contributed by atoms with Crippen molar-refractivity contribution in [1.82, 2.24) is 0 Å². The zero-order valence-corrected chi connectivity index (χ0v) is 11.7. The molecule has 0 aliphatic rings. The Morgan fingerprint density at radius 3 is 2.40 bits per heavy atom. The molecule has 4 nitrogen and oxygen atoms in total. The Morgan fingerprint density at radius 1 is 1.15 bits per heavy atom. The Balaban J connectivity index is 2.32. The van der Waals surface area contributed by atoms with Crippen LogP contribution in [-0.2, 0) is 15.6 Å². The van der Waals surface area contributed by atoms with Crippen molar-refractivity contribution in [3.63, 3.8) is 0 Å². The van der Waals surface area contributed by atoms with E-state index >= 15 is 0 Å². The average molecular weight is 295 g/mol. The lowest BCUT2D eigenvalue weighted by molar-refractivity contribution is 0.414. The molecule has 0 bridgehead atoms. The Kier molecular flexibility index (Phi) is 3.94. The van der Waals surface area contributed by atoms with Crippen LogP contribution in [0.3, 0.4) is 0 Å². The molecule has 0 aromatic heterocycles. The fraction of sp³-hybridized carbons (Fsp3) is 0.143. The summed E-state index contributed by atoms with van der Waals surface area (Å²) in [6.45, 7) is 0. The van der Waals surface area contributed by atoms with Gasteiger partial charge in [0.1, 0.15) is 11.6 Å². The molecule has 106 valence electrons. The summed E-state index contributed by atoms with van der Waals surface area (Å²) < 4.78 is 42.6. The predicted octanol–water partition coefficient (Wildman–Crippen LogP) is 2.39. The largest absolute Gasteiger partial charge is 0.497 e. The fourth-order valence-corrected chi connectivity index (χ4v) is 3.15. The number of nitrogen functional groups attached to an aromatic ring is 1. The predicted molar refractivity (Wildman–Crippen MR) is 74.7 cm³/mol. The van der Waals surface area contributed by atoms with Gasteiger partial charge in [-0.05, 0) is 48.0 Å². The second-order valence-electron chi connectivity index (χ2n) is 4.28. The molecule has 0 radical (unpaired) electrons. The van der Waals surface area contributed by atoms with Crippen molar-refractivity contribution in [2.24, 2.45) is 0 Å². The summed E-state index contributed by atoms with van der Waals surface area (Å²) in [7, 11) is -2.08. The number of sulfone groups is 1. The van der Waals surface area contributed by atoms with E-state index in [0.717, 1.165) is 6.07 Å². The fourth-order valence-electron chi connectivity index (χ4n) is 1.77. The lowest BCUT2D eigenvalue weighted by Gasteiger charge is -2.08. The molecule has 0 spiro atoms. The van der Waals surface area contributed by atoms with Gasteiger partial charge in [-0.3, -0.25) is 0 Å². The Hall–Kier alpha value is -2.08. The summed E-state index contributed by atoms with van der Waals surface area (Å²) in [5.41, 5.74) is 6.17. The van der Waals surface area contributed by atoms with Gasteiger partial charge in [0.25, 0.3) is 0 Å². The molecule has 0 heterocycles. The highest BCUT2D eigenvalue weighted by atomic mass is 32.2. The molecule has 2 aromatic carbocycles. The zero-order chi connectivity index (χ0) is 14.8. The lowest BCUT2D eigenvalue weighted by atomic mass is 10.2. The van der Waals surface area contributed by atoms with Crippen LogP contribution in [0, 0.1) is 5.82 Å². The third-order valence-electron chi connectivity index (χ3n) is 2.87. The van der Waals surface area contributed by atoms with Crippen LogP contribution in [0.5, 0.6) is 5.75 Å². The van der Waals surface area contributed by atoms with Crippen LogP contribution in [0.2, 0.25) is 0 Å². The molecule has 0 atom stereocenters. The SMILES string of the molecule is COc1ccc(S(=O)(=O)Cc2cc(F)ccc2N)cc1. The second-order valence-corrected chi connectivity index (χ2v) is 6.27. The van der Waals surface area contributed by atoms with Gasteiger partial charge in [-0.1, -0.05) is 0 Å². The highest BCUT2D eigenvalue weighted by Gasteiger charge is 2.17. The van der Waals surface area contributed by atoms with Crippen LogP contribution in [0.4, 0.5) is 10.1 Å². The average Bonchev–Trinajstić information content (AvgIpc) is 2.43. The standard InChI is InChI=1S/C14H14FNO3S/c1-19-12-3-5-13(6-4-12)20(17,18)9-10-8-11(15)2-7-14(10)16/h2-8H,9,16H2,1H3. The van der Waals surface area contributed by atoms with E-state index in [-0.39, 0.29) is 21.9 Å². The van der Waals surface area contributed by atoms with Gasteiger partial charge < -0.3 is 10.5 Å². The number of ether oxygens (including phenoxy) is 1. The normalized spacial score (nSPS) is 11.3. The van der Waals surface area contributed by atoms with E-state index < -0.39 is 15.7 Å². The van der Waals surface area contributed by atoms with Crippen molar-refractivity contribution < 1.29 is 17.5 Å². The van der Waals surface area contributed by atoms with Crippen LogP contribution in [-0.4, -0.2) is 15.5 Å². The molecule has 0 saturated carbocycles. The number of nitrogens with two attached hydrogens (primary N) is 1. The van der Waals surface area contributed by atoms with Gasteiger partial charge in [-0.15, -0.1) is 0 Å². The molecule has 0 unspecified atom stereocenters. The minimum atomic E-state index is -3.58. The number of hydrogen-bond donors (Lipinski definition) is 1. The number of halogens is 1. The number of hydrogen-bond acceptors (Lipinski definition) is 4. The lowest BCUT2D eigenvalue weighted by Crippen LogP contribution is -2.07. The molecule has 20 heavy (non-hydrogen) atoms. The van der Waals surface area contributed by atoms with E-state index in [9.17, 15) is 12.8 Å². The van der Waals surface area contributed by atoms with Gasteiger partial charge in [-0.25, -0.2) is 12.8 Å². The van der Waals surface area contributed by atoms with E-state index in [4.69, 9.17) is 10.5 Å². The van der Waals surface area contributed by atoms with Crippen molar-refractivity contribution in [3.8, 4) is 5.75 Å². The number of anilines is 1. The van der Waals surface area contributed by atoms with Crippen molar-refractivity contribution in [1.29, 1.82) is 0 Å². The third-order valence-corrected chi connectivity index (χ3v) is 4.55. The van der Waals surface area contributed by atoms with Crippen LogP contribution in [0.1, 0.15) is 5.56 Å². The number of benzene rings is 2. The molecular weight excluding hydrogens is 281 g/mol. The molecule has 2 rings (SSSR count). The van der Waals surface area contributed by atoms with Crippen molar-refractivity contribution in [3.05, 3.63) is 53.8 Å². The van der Waals surface area contributed by atoms with Gasteiger partial charge >= 0.3 is 0 Å². The number of rotatable bonds is 4. The third kappa shape index (κ3) is 3.08. The van der Waals surface area contributed by atoms with E-state index in [1.807, 2.05) is 0 Å². The zero-order valence-electron chi connectivity index (χ0n) is 10.8. The van der Waals surface area contributed by atoms with Crippen molar-refractivity contribution in [2.45, 2.75) is 10.6 Å². The van der Waals surface area contributed by atoms with Gasteiger partial charge in [-0.2, -0.15) is 0 Å². The molecule has 0 fully saturated rings. The molecular formula is C14H14FNO3S. The first-order chi connectivity index (χ1) is 9.42. The molecule has 0 aliphatic carbocycles. The molecule has 0 aliphatic heterocycles.